The maximum atomic E-state index is 12.1. The molecule has 0 N–H and O–H groups in total. The average molecular weight is 345 g/mol. The summed E-state index contributed by atoms with van der Waals surface area (Å²) in [6.45, 7) is 4.79. The van der Waals surface area contributed by atoms with Crippen molar-refractivity contribution in [3.8, 4) is 5.69 Å². The van der Waals surface area contributed by atoms with Crippen LogP contribution in [0.5, 0.6) is 0 Å². The maximum Gasteiger partial charge on any atom is 0.239 e. The Morgan fingerprint density at radius 1 is 1.29 bits per heavy atom. The van der Waals surface area contributed by atoms with Crippen molar-refractivity contribution in [3.63, 3.8) is 0 Å². The first-order valence-electron chi connectivity index (χ1n) is 7.91. The van der Waals surface area contributed by atoms with E-state index in [4.69, 9.17) is 0 Å². The maximum absolute atomic E-state index is 12.1. The Bertz CT molecular complexity index is 741. The van der Waals surface area contributed by atoms with Gasteiger partial charge in [-0.1, -0.05) is 37.7 Å². The second kappa shape index (κ2) is 7.12. The fourth-order valence-corrected chi connectivity index (χ4v) is 3.31. The average Bonchev–Trinajstić information content (AvgIpc) is 3.21. The van der Waals surface area contributed by atoms with Crippen LogP contribution in [0.25, 0.3) is 5.69 Å². The first kappa shape index (κ1) is 16.6. The third-order valence-corrected chi connectivity index (χ3v) is 4.85. The van der Waals surface area contributed by atoms with Crippen LogP contribution in [0.2, 0.25) is 0 Å². The van der Waals surface area contributed by atoms with Crippen LogP contribution in [0.15, 0.2) is 29.4 Å². The fourth-order valence-electron chi connectivity index (χ4n) is 2.55. The molecule has 0 bridgehead atoms. The molecule has 0 spiro atoms. The van der Waals surface area contributed by atoms with Crippen molar-refractivity contribution in [1.29, 1.82) is 0 Å². The second-order valence-corrected chi connectivity index (χ2v) is 6.89. The van der Waals surface area contributed by atoms with Gasteiger partial charge in [0.05, 0.1) is 11.4 Å². The molecule has 1 saturated heterocycles. The van der Waals surface area contributed by atoms with E-state index in [1.807, 2.05) is 24.3 Å². The van der Waals surface area contributed by atoms with Gasteiger partial charge < -0.3 is 0 Å². The van der Waals surface area contributed by atoms with Gasteiger partial charge in [-0.2, -0.15) is 4.68 Å². The number of benzene rings is 1. The van der Waals surface area contributed by atoms with E-state index in [9.17, 15) is 9.59 Å². The molecule has 0 aliphatic carbocycles. The predicted molar refractivity (Wildman–Crippen MR) is 89.9 cm³/mol. The molecule has 0 radical (unpaired) electrons. The van der Waals surface area contributed by atoms with E-state index in [1.54, 1.807) is 4.68 Å². The van der Waals surface area contributed by atoms with E-state index in [0.717, 1.165) is 12.1 Å². The summed E-state index contributed by atoms with van der Waals surface area (Å²) in [7, 11) is 0. The molecule has 1 aliphatic heterocycles. The quantitative estimate of drug-likeness (QED) is 0.771. The molecule has 1 aromatic heterocycles. The highest BCUT2D eigenvalue weighted by molar-refractivity contribution is 7.99. The molecular weight excluding hydrogens is 326 g/mol. The van der Waals surface area contributed by atoms with E-state index < -0.39 is 0 Å². The summed E-state index contributed by atoms with van der Waals surface area (Å²) < 4.78 is 1.61. The minimum atomic E-state index is -0.188. The highest BCUT2D eigenvalue weighted by Gasteiger charge is 2.26. The summed E-state index contributed by atoms with van der Waals surface area (Å²) in [4.78, 5) is 25.0. The highest BCUT2D eigenvalue weighted by Crippen LogP contribution is 2.22. The van der Waals surface area contributed by atoms with Crippen molar-refractivity contribution in [2.75, 3.05) is 12.3 Å². The second-order valence-electron chi connectivity index (χ2n) is 5.95. The molecule has 8 heteroatoms. The molecule has 1 aliphatic rings. The molecule has 2 amide bonds. The molecule has 2 aromatic rings. The number of rotatable bonds is 5. The molecule has 126 valence electrons. The number of carbonyl (C=O) groups is 2. The monoisotopic (exact) mass is 345 g/mol. The van der Waals surface area contributed by atoms with Crippen molar-refractivity contribution < 1.29 is 9.59 Å². The van der Waals surface area contributed by atoms with Crippen LogP contribution in [-0.4, -0.2) is 49.2 Å². The van der Waals surface area contributed by atoms with Crippen LogP contribution in [0.1, 0.15) is 38.2 Å². The predicted octanol–water partition coefficient (Wildman–Crippen LogP) is 2.03. The van der Waals surface area contributed by atoms with Crippen LogP contribution < -0.4 is 0 Å². The van der Waals surface area contributed by atoms with Gasteiger partial charge in [0.2, 0.25) is 17.0 Å². The van der Waals surface area contributed by atoms with Gasteiger partial charge in [-0.25, -0.2) is 0 Å². The van der Waals surface area contributed by atoms with Crippen LogP contribution in [0.3, 0.4) is 0 Å². The Balaban J connectivity index is 1.69. The van der Waals surface area contributed by atoms with Crippen LogP contribution in [-0.2, 0) is 9.59 Å². The number of imide groups is 1. The summed E-state index contributed by atoms with van der Waals surface area (Å²) in [6, 6.07) is 8.01. The molecule has 24 heavy (non-hydrogen) atoms. The Morgan fingerprint density at radius 3 is 2.67 bits per heavy atom. The number of hydrogen-bond donors (Lipinski definition) is 0. The van der Waals surface area contributed by atoms with Crippen LogP contribution >= 0.6 is 11.8 Å². The van der Waals surface area contributed by atoms with Crippen molar-refractivity contribution in [1.82, 2.24) is 25.1 Å². The Hall–Kier alpha value is -2.22. The van der Waals surface area contributed by atoms with Crippen molar-refractivity contribution in [2.24, 2.45) is 0 Å². The lowest BCUT2D eigenvalue weighted by Crippen LogP contribution is -2.33. The smallest absolute Gasteiger partial charge is 0.239 e. The lowest BCUT2D eigenvalue weighted by Gasteiger charge is -2.12. The Kier molecular flexibility index (Phi) is 4.94. The molecule has 2 heterocycles. The third-order valence-electron chi connectivity index (χ3n) is 3.94. The van der Waals surface area contributed by atoms with Crippen molar-refractivity contribution in [3.05, 3.63) is 29.8 Å². The van der Waals surface area contributed by atoms with Gasteiger partial charge in [-0.15, -0.1) is 5.10 Å². The van der Waals surface area contributed by atoms with Gasteiger partial charge in [0.15, 0.2) is 0 Å². The van der Waals surface area contributed by atoms with E-state index in [1.165, 1.54) is 22.2 Å². The minimum absolute atomic E-state index is 0.0931. The van der Waals surface area contributed by atoms with Gasteiger partial charge >= 0.3 is 0 Å². The standard InChI is InChI=1S/C16H19N5O2S/c1-11(2)12-5-7-13(8-6-12)21-16(17-18-19-21)24-10-15(23)20-9-3-4-14(20)22/h5-8,11H,3-4,9-10H2,1-2H3. The molecule has 3 rings (SSSR count). The van der Waals surface area contributed by atoms with Crippen molar-refractivity contribution in [2.45, 2.75) is 37.8 Å². The number of nitrogens with zero attached hydrogens (tertiary/aromatic N) is 5. The fraction of sp³-hybridized carbons (Fsp3) is 0.438. The van der Waals surface area contributed by atoms with E-state index in [0.29, 0.717) is 24.0 Å². The summed E-state index contributed by atoms with van der Waals surface area (Å²) in [5.41, 5.74) is 2.08. The lowest BCUT2D eigenvalue weighted by molar-refractivity contribution is -0.140. The number of hydrogen-bond acceptors (Lipinski definition) is 6. The number of amides is 2. The molecule has 0 atom stereocenters. The lowest BCUT2D eigenvalue weighted by atomic mass is 10.0. The van der Waals surface area contributed by atoms with E-state index in [2.05, 4.69) is 29.4 Å². The van der Waals surface area contributed by atoms with Gasteiger partial charge in [0.1, 0.15) is 0 Å². The largest absolute Gasteiger partial charge is 0.282 e. The normalized spacial score (nSPS) is 14.6. The van der Waals surface area contributed by atoms with Gasteiger partial charge in [-0.05, 0) is 40.5 Å². The summed E-state index contributed by atoms with van der Waals surface area (Å²) in [6.07, 6.45) is 1.20. The summed E-state index contributed by atoms with van der Waals surface area (Å²) in [5, 5.41) is 12.2. The van der Waals surface area contributed by atoms with Gasteiger partial charge in [0, 0.05) is 13.0 Å². The molecular formula is C16H19N5O2S. The number of likely N-dealkylation sites (tertiary alicyclic amines) is 1. The number of aromatic nitrogens is 4. The van der Waals surface area contributed by atoms with Crippen LogP contribution in [0, 0.1) is 0 Å². The molecule has 0 saturated carbocycles. The zero-order valence-electron chi connectivity index (χ0n) is 13.7. The summed E-state index contributed by atoms with van der Waals surface area (Å²) in [5.74, 6) is 0.324. The third kappa shape index (κ3) is 3.48. The molecule has 7 nitrogen and oxygen atoms in total. The Labute approximate surface area is 144 Å². The highest BCUT2D eigenvalue weighted by atomic mass is 32.2. The Morgan fingerprint density at radius 2 is 2.04 bits per heavy atom. The van der Waals surface area contributed by atoms with Crippen LogP contribution in [0.4, 0.5) is 0 Å². The first-order chi connectivity index (χ1) is 11.6. The van der Waals surface area contributed by atoms with E-state index in [-0.39, 0.29) is 17.6 Å². The minimum Gasteiger partial charge on any atom is -0.282 e. The molecule has 0 unspecified atom stereocenters. The number of tetrazole rings is 1. The SMILES string of the molecule is CC(C)c1ccc(-n2nnnc2SCC(=O)N2CCCC2=O)cc1. The topological polar surface area (TPSA) is 81.0 Å². The zero-order chi connectivity index (χ0) is 17.1. The van der Waals surface area contributed by atoms with Gasteiger partial charge in [-0.3, -0.25) is 14.5 Å². The number of thioether (sulfide) groups is 1. The molecule has 1 fully saturated rings. The summed E-state index contributed by atoms with van der Waals surface area (Å²) >= 11 is 1.24. The first-order valence-corrected chi connectivity index (χ1v) is 8.89. The van der Waals surface area contributed by atoms with E-state index >= 15 is 0 Å². The van der Waals surface area contributed by atoms with Gasteiger partial charge in [0.25, 0.3) is 0 Å². The zero-order valence-corrected chi connectivity index (χ0v) is 14.5. The number of carbonyl (C=O) groups excluding carboxylic acids is 2. The van der Waals surface area contributed by atoms with Crippen molar-refractivity contribution >= 4 is 23.6 Å². The molecule has 1 aromatic carbocycles.